The van der Waals surface area contributed by atoms with Gasteiger partial charge < -0.3 is 19.7 Å². The number of halogens is 4. The molecule has 2 fully saturated rings. The van der Waals surface area contributed by atoms with Crippen LogP contribution in [0.5, 0.6) is 0 Å². The molecule has 4 atom stereocenters. The largest absolute Gasteiger partial charge is 0.480 e. The monoisotopic (exact) mass is 640 g/mol. The van der Waals surface area contributed by atoms with Gasteiger partial charge in [-0.25, -0.2) is 19.2 Å². The number of hydrogen-bond acceptors (Lipinski definition) is 8. The SMILES string of the molecule is COC(=O)/C=C/[C@H]1CC[C@@H](c2ccc(F)nc2F)N1C(=O)OC(C)(C)C.O=C(O)[C@H]1CC[C@@H](c2ccc(F)nc2F)N1C(=O)O. The summed E-state index contributed by atoms with van der Waals surface area (Å²) in [5, 5.41) is 18.0. The standard InChI is InChI=1S/C18H22F2N2O4.C11H10F2N2O4/c1-18(2,3)26-17(24)22-11(6-10-15(23)25-4)5-8-13(22)12-7-9-14(19)21-16(12)20;12-8-4-1-5(9(13)14-8)6-2-3-7(10(16)17)15(6)11(18)19/h6-7,9-11,13H,5,8H2,1-4H3;1,4,6-7H,2-3H2,(H,16,17)(H,18,19)/b10-6+;/t11-,13+;6-,7+/m10/s1. The average molecular weight is 641 g/mol. The van der Waals surface area contributed by atoms with Crippen LogP contribution in [0.1, 0.15) is 69.7 Å². The van der Waals surface area contributed by atoms with Crippen molar-refractivity contribution in [2.45, 2.75) is 76.2 Å². The van der Waals surface area contributed by atoms with Crippen molar-refractivity contribution in [3.63, 3.8) is 0 Å². The van der Waals surface area contributed by atoms with E-state index in [1.54, 1.807) is 20.8 Å². The van der Waals surface area contributed by atoms with E-state index >= 15 is 0 Å². The summed E-state index contributed by atoms with van der Waals surface area (Å²) in [5.41, 5.74) is -0.765. The lowest BCUT2D eigenvalue weighted by Gasteiger charge is -2.31. The number of carbonyl (C=O) groups is 4. The van der Waals surface area contributed by atoms with Gasteiger partial charge in [-0.3, -0.25) is 9.80 Å². The van der Waals surface area contributed by atoms with Gasteiger partial charge in [0, 0.05) is 17.2 Å². The van der Waals surface area contributed by atoms with Crippen LogP contribution in [0.4, 0.5) is 27.2 Å². The third-order valence-corrected chi connectivity index (χ3v) is 6.99. The number of rotatable bonds is 5. The molecule has 0 aliphatic carbocycles. The average Bonchev–Trinajstić information content (AvgIpc) is 3.56. The van der Waals surface area contributed by atoms with Crippen molar-refractivity contribution >= 4 is 24.1 Å². The molecule has 0 aromatic carbocycles. The Morgan fingerprint density at radius 3 is 1.80 bits per heavy atom. The number of carboxylic acids is 1. The lowest BCUT2D eigenvalue weighted by molar-refractivity contribution is -0.142. The molecule has 16 heteroatoms. The van der Waals surface area contributed by atoms with E-state index in [9.17, 15) is 36.7 Å². The molecule has 0 radical (unpaired) electrons. The number of aliphatic carboxylic acids is 1. The van der Waals surface area contributed by atoms with E-state index in [1.807, 2.05) is 0 Å². The molecule has 2 aliphatic rings. The second-order valence-corrected chi connectivity index (χ2v) is 11.1. The number of hydrogen-bond donors (Lipinski definition) is 2. The highest BCUT2D eigenvalue weighted by molar-refractivity contribution is 5.82. The van der Waals surface area contributed by atoms with E-state index in [1.165, 1.54) is 30.2 Å². The van der Waals surface area contributed by atoms with Gasteiger partial charge in [0.25, 0.3) is 0 Å². The maximum absolute atomic E-state index is 14.2. The molecule has 45 heavy (non-hydrogen) atoms. The second-order valence-electron chi connectivity index (χ2n) is 11.1. The fourth-order valence-electron chi connectivity index (χ4n) is 5.14. The van der Waals surface area contributed by atoms with E-state index < -0.39 is 77.7 Å². The minimum absolute atomic E-state index is 0.0725. The van der Waals surface area contributed by atoms with E-state index in [0.29, 0.717) is 17.7 Å². The van der Waals surface area contributed by atoms with Gasteiger partial charge in [-0.05, 0) is 70.7 Å². The van der Waals surface area contributed by atoms with E-state index in [0.717, 1.165) is 18.2 Å². The molecular weight excluding hydrogens is 608 g/mol. The summed E-state index contributed by atoms with van der Waals surface area (Å²) in [6.07, 6.45) is 1.74. The van der Waals surface area contributed by atoms with E-state index in [4.69, 9.17) is 14.9 Å². The molecule has 2 aromatic heterocycles. The van der Waals surface area contributed by atoms with Gasteiger partial charge in [0.15, 0.2) is 0 Å². The molecular formula is C29H32F4N4O8. The maximum atomic E-state index is 14.2. The quantitative estimate of drug-likeness (QED) is 0.194. The summed E-state index contributed by atoms with van der Waals surface area (Å²) in [5.74, 6) is -5.90. The summed E-state index contributed by atoms with van der Waals surface area (Å²) in [6, 6.07) is 0.951. The Bertz CT molecular complexity index is 1470. The van der Waals surface area contributed by atoms with E-state index in [2.05, 4.69) is 14.7 Å². The lowest BCUT2D eigenvalue weighted by atomic mass is 10.1. The van der Waals surface area contributed by atoms with Crippen molar-refractivity contribution in [3.8, 4) is 0 Å². The summed E-state index contributed by atoms with van der Waals surface area (Å²) >= 11 is 0. The predicted molar refractivity (Wildman–Crippen MR) is 147 cm³/mol. The maximum Gasteiger partial charge on any atom is 0.411 e. The molecule has 4 heterocycles. The number of carbonyl (C=O) groups excluding carboxylic acids is 2. The lowest BCUT2D eigenvalue weighted by Crippen LogP contribution is -2.41. The number of nitrogens with zero attached hydrogens (tertiary/aromatic N) is 4. The zero-order valence-electron chi connectivity index (χ0n) is 24.7. The van der Waals surface area contributed by atoms with Crippen molar-refractivity contribution < 1.29 is 56.4 Å². The Morgan fingerprint density at radius 1 is 0.844 bits per heavy atom. The van der Waals surface area contributed by atoms with Crippen LogP contribution < -0.4 is 0 Å². The van der Waals surface area contributed by atoms with Crippen LogP contribution in [0.25, 0.3) is 0 Å². The molecule has 2 saturated heterocycles. The third-order valence-electron chi connectivity index (χ3n) is 6.99. The number of carboxylic acid groups (broad SMARTS) is 2. The molecule has 244 valence electrons. The Kier molecular flexibility index (Phi) is 11.1. The number of amides is 2. The zero-order valence-corrected chi connectivity index (χ0v) is 24.7. The van der Waals surface area contributed by atoms with Crippen LogP contribution in [0.15, 0.2) is 36.4 Å². The molecule has 12 nitrogen and oxygen atoms in total. The highest BCUT2D eigenvalue weighted by Gasteiger charge is 2.43. The first-order chi connectivity index (χ1) is 21.0. The van der Waals surface area contributed by atoms with Gasteiger partial charge in [-0.2, -0.15) is 27.5 Å². The van der Waals surface area contributed by atoms with Crippen molar-refractivity contribution in [2.24, 2.45) is 0 Å². The van der Waals surface area contributed by atoms with Gasteiger partial charge in [-0.15, -0.1) is 0 Å². The Hall–Kier alpha value is -4.76. The highest BCUT2D eigenvalue weighted by Crippen LogP contribution is 2.39. The first-order valence-electron chi connectivity index (χ1n) is 13.7. The van der Waals surface area contributed by atoms with Crippen molar-refractivity contribution in [1.82, 2.24) is 19.8 Å². The normalized spacial score (nSPS) is 21.3. The summed E-state index contributed by atoms with van der Waals surface area (Å²) < 4.78 is 63.5. The number of pyridine rings is 2. The van der Waals surface area contributed by atoms with Crippen LogP contribution in [0.3, 0.4) is 0 Å². The second kappa shape index (κ2) is 14.3. The van der Waals surface area contributed by atoms with Crippen molar-refractivity contribution in [1.29, 1.82) is 0 Å². The number of esters is 1. The molecule has 2 aliphatic heterocycles. The molecule has 0 spiro atoms. The fourth-order valence-corrected chi connectivity index (χ4v) is 5.14. The third kappa shape index (κ3) is 8.67. The van der Waals surface area contributed by atoms with Crippen LogP contribution in [0.2, 0.25) is 0 Å². The van der Waals surface area contributed by atoms with Crippen LogP contribution in [0, 0.1) is 23.8 Å². The number of likely N-dealkylation sites (tertiary alicyclic amines) is 2. The van der Waals surface area contributed by atoms with Crippen LogP contribution in [-0.4, -0.2) is 78.9 Å². The molecule has 0 unspecified atom stereocenters. The molecule has 0 saturated carbocycles. The number of methoxy groups -OCH3 is 1. The first-order valence-corrected chi connectivity index (χ1v) is 13.7. The Labute approximate surface area is 255 Å². The fraction of sp³-hybridized carbons (Fsp3) is 0.448. The predicted octanol–water partition coefficient (Wildman–Crippen LogP) is 5.16. The molecule has 2 aromatic rings. The summed E-state index contributed by atoms with van der Waals surface area (Å²) in [7, 11) is 1.25. The topological polar surface area (TPSA) is 159 Å². The minimum Gasteiger partial charge on any atom is -0.480 e. The molecule has 0 bridgehead atoms. The summed E-state index contributed by atoms with van der Waals surface area (Å²) in [6.45, 7) is 5.15. The highest BCUT2D eigenvalue weighted by atomic mass is 19.1. The molecule has 2 N–H and O–H groups in total. The Balaban J connectivity index is 0.000000257. The van der Waals surface area contributed by atoms with Gasteiger partial charge in [0.2, 0.25) is 23.8 Å². The van der Waals surface area contributed by atoms with E-state index in [-0.39, 0.29) is 24.0 Å². The summed E-state index contributed by atoms with van der Waals surface area (Å²) in [4.78, 5) is 54.3. The van der Waals surface area contributed by atoms with Crippen molar-refractivity contribution in [3.05, 3.63) is 71.3 Å². The Morgan fingerprint density at radius 2 is 1.36 bits per heavy atom. The number of aromatic nitrogens is 2. The smallest absolute Gasteiger partial charge is 0.411 e. The minimum atomic E-state index is -1.46. The van der Waals surface area contributed by atoms with Crippen LogP contribution in [-0.2, 0) is 19.1 Å². The zero-order chi connectivity index (χ0) is 33.6. The van der Waals surface area contributed by atoms with Gasteiger partial charge >= 0.3 is 24.1 Å². The van der Waals surface area contributed by atoms with Crippen LogP contribution >= 0.6 is 0 Å². The van der Waals surface area contributed by atoms with Gasteiger partial charge in [-0.1, -0.05) is 6.08 Å². The first kappa shape index (κ1) is 34.7. The van der Waals surface area contributed by atoms with Gasteiger partial charge in [0.1, 0.15) is 11.6 Å². The number of ether oxygens (including phenoxy) is 2. The molecule has 2 amide bonds. The molecule has 4 rings (SSSR count). The van der Waals surface area contributed by atoms with Crippen molar-refractivity contribution in [2.75, 3.05) is 7.11 Å². The van der Waals surface area contributed by atoms with Gasteiger partial charge in [0.05, 0.1) is 25.2 Å².